The van der Waals surface area contributed by atoms with Crippen molar-refractivity contribution in [3.63, 3.8) is 0 Å². The highest BCUT2D eigenvalue weighted by molar-refractivity contribution is 6.33. The molecule has 0 spiro atoms. The lowest BCUT2D eigenvalue weighted by Gasteiger charge is -1.90. The van der Waals surface area contributed by atoms with Gasteiger partial charge in [-0.25, -0.2) is 0 Å². The summed E-state index contributed by atoms with van der Waals surface area (Å²) in [5, 5.41) is 29.0. The standard InChI is InChI=1S/C6H4ClN2.C6H4N2O4/c7-5-3-1-2-4-6(5)9-8;9-7(10)5-2-1-3-6(4-5)8(11)12/h1-4H;1-4H/q+1;. The highest BCUT2D eigenvalue weighted by Gasteiger charge is 2.11. The lowest BCUT2D eigenvalue weighted by atomic mass is 10.3. The molecule has 2 aromatic carbocycles. The minimum absolute atomic E-state index is 0.274. The molecule has 0 aromatic heterocycles. The first kappa shape index (κ1) is 16.0. The first-order valence-electron chi connectivity index (χ1n) is 5.44. The first-order valence-corrected chi connectivity index (χ1v) is 5.82. The molecule has 0 heterocycles. The Bertz CT molecular complexity index is 685. The molecule has 106 valence electrons. The van der Waals surface area contributed by atoms with Gasteiger partial charge in [0.15, 0.2) is 4.98 Å². The molecule has 21 heavy (non-hydrogen) atoms. The maximum Gasteiger partial charge on any atom is 0.403 e. The summed E-state index contributed by atoms with van der Waals surface area (Å²) in [5.41, 5.74) is -0.146. The highest BCUT2D eigenvalue weighted by atomic mass is 35.5. The van der Waals surface area contributed by atoms with Crippen molar-refractivity contribution in [2.24, 2.45) is 0 Å². The van der Waals surface area contributed by atoms with Gasteiger partial charge in [0.2, 0.25) is 5.39 Å². The van der Waals surface area contributed by atoms with Crippen molar-refractivity contribution in [2.75, 3.05) is 0 Å². The van der Waals surface area contributed by atoms with Gasteiger partial charge >= 0.3 is 5.69 Å². The van der Waals surface area contributed by atoms with Crippen LogP contribution < -0.4 is 0 Å². The van der Waals surface area contributed by atoms with Crippen LogP contribution in [0.25, 0.3) is 4.98 Å². The Balaban J connectivity index is 0.000000219. The first-order chi connectivity index (χ1) is 9.95. The zero-order valence-electron chi connectivity index (χ0n) is 10.4. The molecule has 2 aromatic rings. The Morgan fingerprint density at radius 1 is 0.952 bits per heavy atom. The summed E-state index contributed by atoms with van der Waals surface area (Å²) in [5.74, 6) is 0. The summed E-state index contributed by atoms with van der Waals surface area (Å²) >= 11 is 5.57. The van der Waals surface area contributed by atoms with Gasteiger partial charge in [0, 0.05) is 18.2 Å². The van der Waals surface area contributed by atoms with Crippen LogP contribution in [0.5, 0.6) is 0 Å². The number of rotatable bonds is 2. The van der Waals surface area contributed by atoms with E-state index in [1.54, 1.807) is 24.3 Å². The van der Waals surface area contributed by atoms with Crippen molar-refractivity contribution in [2.45, 2.75) is 0 Å². The van der Waals surface area contributed by atoms with Gasteiger partial charge in [0.05, 0.1) is 15.9 Å². The average Bonchev–Trinajstić information content (AvgIpc) is 2.48. The molecule has 0 aliphatic carbocycles. The van der Waals surface area contributed by atoms with E-state index in [1.165, 1.54) is 18.2 Å². The molecule has 0 radical (unpaired) electrons. The van der Waals surface area contributed by atoms with E-state index in [0.717, 1.165) is 6.07 Å². The quantitative estimate of drug-likeness (QED) is 0.465. The topological polar surface area (TPSA) is 114 Å². The molecule has 0 unspecified atom stereocenters. The smallest absolute Gasteiger partial charge is 0.258 e. The average molecular weight is 308 g/mol. The van der Waals surface area contributed by atoms with E-state index in [0.29, 0.717) is 10.7 Å². The zero-order valence-corrected chi connectivity index (χ0v) is 11.2. The minimum Gasteiger partial charge on any atom is -0.258 e. The van der Waals surface area contributed by atoms with Crippen LogP contribution in [-0.4, -0.2) is 9.85 Å². The van der Waals surface area contributed by atoms with E-state index in [4.69, 9.17) is 17.0 Å². The Morgan fingerprint density at radius 3 is 1.86 bits per heavy atom. The van der Waals surface area contributed by atoms with E-state index >= 15 is 0 Å². The van der Waals surface area contributed by atoms with Crippen LogP contribution in [0.15, 0.2) is 48.5 Å². The van der Waals surface area contributed by atoms with E-state index in [-0.39, 0.29) is 11.4 Å². The number of halogens is 1. The Kier molecular flexibility index (Phi) is 5.73. The lowest BCUT2D eigenvalue weighted by molar-refractivity contribution is -0.394. The van der Waals surface area contributed by atoms with E-state index < -0.39 is 9.85 Å². The number of benzene rings is 2. The van der Waals surface area contributed by atoms with Gasteiger partial charge in [-0.15, -0.1) is 0 Å². The minimum atomic E-state index is -0.674. The van der Waals surface area contributed by atoms with Crippen LogP contribution in [0, 0.1) is 25.6 Å². The van der Waals surface area contributed by atoms with Gasteiger partial charge in [0.25, 0.3) is 11.4 Å². The van der Waals surface area contributed by atoms with Crippen LogP contribution >= 0.6 is 11.6 Å². The number of nitro groups is 2. The third kappa shape index (κ3) is 4.85. The Hall–Kier alpha value is -3.05. The second kappa shape index (κ2) is 7.52. The summed E-state index contributed by atoms with van der Waals surface area (Å²) in [6.45, 7) is 0. The van der Waals surface area contributed by atoms with E-state index in [1.807, 2.05) is 0 Å². The molecule has 0 amide bonds. The lowest BCUT2D eigenvalue weighted by Crippen LogP contribution is -1.91. The number of diazo groups is 1. The van der Waals surface area contributed by atoms with Crippen LogP contribution in [0.4, 0.5) is 17.1 Å². The number of nitro benzene ring substituents is 2. The second-order valence-corrected chi connectivity index (χ2v) is 3.99. The summed E-state index contributed by atoms with van der Waals surface area (Å²) in [6, 6.07) is 11.4. The molecule has 0 saturated heterocycles. The van der Waals surface area contributed by atoms with Gasteiger partial charge in [-0.05, 0) is 12.1 Å². The summed E-state index contributed by atoms with van der Waals surface area (Å²) in [6.07, 6.45) is 0. The molecule has 8 nitrogen and oxygen atoms in total. The van der Waals surface area contributed by atoms with Crippen LogP contribution in [0.1, 0.15) is 0 Å². The molecule has 9 heteroatoms. The summed E-state index contributed by atoms with van der Waals surface area (Å²) < 4.78 is 0. The Morgan fingerprint density at radius 2 is 1.48 bits per heavy atom. The molecular formula is C12H8ClN4O4+. The van der Waals surface area contributed by atoms with Gasteiger partial charge < -0.3 is 0 Å². The predicted molar refractivity (Wildman–Crippen MR) is 75.9 cm³/mol. The molecule has 0 saturated carbocycles. The molecule has 0 bridgehead atoms. The van der Waals surface area contributed by atoms with E-state index in [2.05, 4.69) is 4.98 Å². The van der Waals surface area contributed by atoms with Crippen molar-refractivity contribution < 1.29 is 9.85 Å². The molecule has 0 atom stereocenters. The Labute approximate surface area is 123 Å². The highest BCUT2D eigenvalue weighted by Crippen LogP contribution is 2.22. The largest absolute Gasteiger partial charge is 0.403 e. The van der Waals surface area contributed by atoms with Crippen molar-refractivity contribution in [1.82, 2.24) is 0 Å². The molecule has 0 aliphatic rings. The van der Waals surface area contributed by atoms with Crippen LogP contribution in [0.2, 0.25) is 5.02 Å². The normalized spacial score (nSPS) is 8.95. The molecule has 0 N–H and O–H groups in total. The fraction of sp³-hybridized carbons (Fsp3) is 0. The summed E-state index contributed by atoms with van der Waals surface area (Å²) in [4.78, 5) is 21.9. The van der Waals surface area contributed by atoms with Crippen molar-refractivity contribution in [3.8, 4) is 0 Å². The van der Waals surface area contributed by atoms with Crippen LogP contribution in [0.3, 0.4) is 0 Å². The predicted octanol–water partition coefficient (Wildman–Crippen LogP) is 4.33. The zero-order chi connectivity index (χ0) is 15.8. The van der Waals surface area contributed by atoms with Gasteiger partial charge in [-0.1, -0.05) is 23.7 Å². The SMILES string of the molecule is N#[N+]c1ccccc1Cl.O=[N+]([O-])c1cccc([N+](=O)[O-])c1. The fourth-order valence-corrected chi connectivity index (χ4v) is 1.43. The molecule has 2 rings (SSSR count). The maximum absolute atomic E-state index is 10.2. The third-order valence-corrected chi connectivity index (χ3v) is 2.53. The van der Waals surface area contributed by atoms with Gasteiger partial charge in [-0.2, -0.15) is 0 Å². The molecule has 0 aliphatic heterocycles. The third-order valence-electron chi connectivity index (χ3n) is 2.21. The van der Waals surface area contributed by atoms with Crippen molar-refractivity contribution >= 4 is 28.7 Å². The fourth-order valence-electron chi connectivity index (χ4n) is 1.25. The van der Waals surface area contributed by atoms with Crippen molar-refractivity contribution in [1.29, 1.82) is 5.39 Å². The summed E-state index contributed by atoms with van der Waals surface area (Å²) in [7, 11) is 0. The van der Waals surface area contributed by atoms with Gasteiger partial charge in [0.1, 0.15) is 5.02 Å². The number of nitrogens with zero attached hydrogens (tertiary/aromatic N) is 4. The second-order valence-electron chi connectivity index (χ2n) is 3.59. The number of non-ortho nitro benzene ring substituents is 2. The maximum atomic E-state index is 10.2. The molecule has 0 fully saturated rings. The van der Waals surface area contributed by atoms with Crippen molar-refractivity contribution in [3.05, 3.63) is 78.8 Å². The number of hydrogen-bond acceptors (Lipinski definition) is 5. The molecular weight excluding hydrogens is 300 g/mol. The van der Waals surface area contributed by atoms with E-state index in [9.17, 15) is 20.2 Å². The van der Waals surface area contributed by atoms with Gasteiger partial charge in [-0.3, -0.25) is 20.2 Å². The van der Waals surface area contributed by atoms with Crippen LogP contribution in [-0.2, 0) is 0 Å². The number of hydrogen-bond donors (Lipinski definition) is 0. The monoisotopic (exact) mass is 307 g/mol.